The standard InChI is InChI=1S/C6H10INO3S/c7-5-12(10,11)8-3-1-6(9)2-4-8/h1-5H2. The Labute approximate surface area is 85.5 Å². The van der Waals surface area contributed by atoms with Crippen LogP contribution < -0.4 is 0 Å². The Morgan fingerprint density at radius 1 is 1.33 bits per heavy atom. The lowest BCUT2D eigenvalue weighted by Crippen LogP contribution is -2.38. The summed E-state index contributed by atoms with van der Waals surface area (Å²) in [6, 6.07) is 0. The topological polar surface area (TPSA) is 54.5 Å². The number of ketones is 1. The molecule has 1 saturated heterocycles. The minimum Gasteiger partial charge on any atom is -0.300 e. The van der Waals surface area contributed by atoms with Crippen molar-refractivity contribution in [1.82, 2.24) is 4.31 Å². The van der Waals surface area contributed by atoms with Gasteiger partial charge < -0.3 is 0 Å². The summed E-state index contributed by atoms with van der Waals surface area (Å²) in [5, 5.41) is 0. The number of nitrogens with zero attached hydrogens (tertiary/aromatic N) is 1. The number of carbonyl (C=O) groups is 1. The van der Waals surface area contributed by atoms with Crippen molar-refractivity contribution in [3.8, 4) is 0 Å². The molecule has 0 N–H and O–H groups in total. The van der Waals surface area contributed by atoms with E-state index in [0.717, 1.165) is 0 Å². The van der Waals surface area contributed by atoms with Gasteiger partial charge in [-0.25, -0.2) is 12.7 Å². The predicted molar refractivity (Wildman–Crippen MR) is 53.6 cm³/mol. The van der Waals surface area contributed by atoms with Gasteiger partial charge >= 0.3 is 0 Å². The lowest BCUT2D eigenvalue weighted by molar-refractivity contribution is -0.120. The number of hydrogen-bond acceptors (Lipinski definition) is 3. The van der Waals surface area contributed by atoms with E-state index in [2.05, 4.69) is 0 Å². The molecule has 0 radical (unpaired) electrons. The number of piperidine rings is 1. The normalized spacial score (nSPS) is 21.2. The second-order valence-corrected chi connectivity index (χ2v) is 6.43. The van der Waals surface area contributed by atoms with Gasteiger partial charge in [0.05, 0.1) is 0 Å². The Hall–Kier alpha value is 0.310. The molecule has 0 unspecified atom stereocenters. The molecule has 4 nitrogen and oxygen atoms in total. The number of Topliss-reactive ketones (excluding diaryl/α,β-unsaturated/α-hetero) is 1. The molecule has 0 saturated carbocycles. The van der Waals surface area contributed by atoms with Crippen LogP contribution >= 0.6 is 22.6 Å². The maximum Gasteiger partial charge on any atom is 0.223 e. The Bertz CT molecular complexity index is 265. The Balaban J connectivity index is 2.62. The first-order valence-electron chi connectivity index (χ1n) is 3.62. The van der Waals surface area contributed by atoms with Crippen molar-refractivity contribution < 1.29 is 13.2 Å². The van der Waals surface area contributed by atoms with E-state index in [1.807, 2.05) is 22.6 Å². The fraction of sp³-hybridized carbons (Fsp3) is 0.833. The highest BCUT2D eigenvalue weighted by atomic mass is 127. The minimum absolute atomic E-state index is 0.0962. The van der Waals surface area contributed by atoms with Crippen LogP contribution in [0.15, 0.2) is 0 Å². The van der Waals surface area contributed by atoms with E-state index in [1.165, 1.54) is 4.31 Å². The number of halogens is 1. The van der Waals surface area contributed by atoms with Crippen LogP contribution in [0.2, 0.25) is 0 Å². The van der Waals surface area contributed by atoms with Gasteiger partial charge in [-0.3, -0.25) is 4.79 Å². The Morgan fingerprint density at radius 2 is 1.83 bits per heavy atom. The molecule has 1 heterocycles. The molecule has 70 valence electrons. The van der Waals surface area contributed by atoms with Crippen LogP contribution in [0.5, 0.6) is 0 Å². The molecule has 0 aromatic carbocycles. The van der Waals surface area contributed by atoms with Crippen LogP contribution in [0.4, 0.5) is 0 Å². The van der Waals surface area contributed by atoms with E-state index in [9.17, 15) is 13.2 Å². The molecule has 0 amide bonds. The highest BCUT2D eigenvalue weighted by molar-refractivity contribution is 14.1. The monoisotopic (exact) mass is 303 g/mol. The van der Waals surface area contributed by atoms with Crippen molar-refractivity contribution in [2.75, 3.05) is 16.8 Å². The molecule has 1 fully saturated rings. The third-order valence-corrected chi connectivity index (χ3v) is 5.60. The van der Waals surface area contributed by atoms with Crippen molar-refractivity contribution in [3.63, 3.8) is 0 Å². The van der Waals surface area contributed by atoms with Crippen molar-refractivity contribution in [2.24, 2.45) is 0 Å². The Morgan fingerprint density at radius 3 is 2.25 bits per heavy atom. The predicted octanol–water partition coefficient (Wildman–Crippen LogP) is 0.374. The molecule has 0 aromatic rings. The number of rotatable bonds is 2. The molecule has 0 bridgehead atoms. The third-order valence-electron chi connectivity index (χ3n) is 1.81. The molecule has 0 spiro atoms. The smallest absolute Gasteiger partial charge is 0.223 e. The number of hydrogen-bond donors (Lipinski definition) is 0. The first-order valence-corrected chi connectivity index (χ1v) is 6.75. The second-order valence-electron chi connectivity index (χ2n) is 2.66. The van der Waals surface area contributed by atoms with E-state index >= 15 is 0 Å². The van der Waals surface area contributed by atoms with Crippen LogP contribution in [0, 0.1) is 0 Å². The van der Waals surface area contributed by atoms with Crippen LogP contribution in [0.25, 0.3) is 0 Å². The highest BCUT2D eigenvalue weighted by Crippen LogP contribution is 2.12. The molecule has 0 aromatic heterocycles. The fourth-order valence-electron chi connectivity index (χ4n) is 1.08. The molecule has 1 aliphatic heterocycles. The van der Waals surface area contributed by atoms with Gasteiger partial charge in [-0.1, -0.05) is 22.6 Å². The van der Waals surface area contributed by atoms with E-state index < -0.39 is 10.0 Å². The van der Waals surface area contributed by atoms with Gasteiger partial charge in [0, 0.05) is 25.9 Å². The minimum atomic E-state index is -3.08. The average Bonchev–Trinajstić information content (AvgIpc) is 2.05. The largest absolute Gasteiger partial charge is 0.300 e. The van der Waals surface area contributed by atoms with E-state index in [1.54, 1.807) is 0 Å². The maximum absolute atomic E-state index is 11.3. The molecule has 1 rings (SSSR count). The summed E-state index contributed by atoms with van der Waals surface area (Å²) in [6.45, 7) is 0.730. The average molecular weight is 303 g/mol. The second kappa shape index (κ2) is 4.01. The number of alkyl halides is 1. The van der Waals surface area contributed by atoms with Gasteiger partial charge in [-0.2, -0.15) is 0 Å². The lowest BCUT2D eigenvalue weighted by atomic mass is 10.1. The maximum atomic E-state index is 11.3. The van der Waals surface area contributed by atoms with Gasteiger partial charge in [0.25, 0.3) is 0 Å². The first-order chi connectivity index (χ1) is 5.56. The molecule has 12 heavy (non-hydrogen) atoms. The summed E-state index contributed by atoms with van der Waals surface area (Å²) >= 11 is 1.82. The quantitative estimate of drug-likeness (QED) is 0.547. The van der Waals surface area contributed by atoms with Gasteiger partial charge in [-0.15, -0.1) is 0 Å². The highest BCUT2D eigenvalue weighted by Gasteiger charge is 2.25. The summed E-state index contributed by atoms with van der Waals surface area (Å²) in [7, 11) is -3.08. The first kappa shape index (κ1) is 10.4. The molecule has 6 heteroatoms. The van der Waals surface area contributed by atoms with Gasteiger partial charge in [-0.05, 0) is 0 Å². The zero-order valence-electron chi connectivity index (χ0n) is 6.49. The molecule has 0 aliphatic carbocycles. The van der Waals surface area contributed by atoms with Gasteiger partial charge in [0.2, 0.25) is 10.0 Å². The van der Waals surface area contributed by atoms with E-state index in [-0.39, 0.29) is 9.54 Å². The van der Waals surface area contributed by atoms with Crippen LogP contribution in [0.3, 0.4) is 0 Å². The molecular weight excluding hydrogens is 293 g/mol. The van der Waals surface area contributed by atoms with Crippen molar-refractivity contribution in [3.05, 3.63) is 0 Å². The fourth-order valence-corrected chi connectivity index (χ4v) is 3.14. The zero-order valence-corrected chi connectivity index (χ0v) is 9.47. The number of carbonyl (C=O) groups excluding carboxylic acids is 1. The SMILES string of the molecule is O=C1CCN(S(=O)(=O)CI)CC1. The van der Waals surface area contributed by atoms with Crippen molar-refractivity contribution in [2.45, 2.75) is 12.8 Å². The van der Waals surface area contributed by atoms with Gasteiger partial charge in [0.1, 0.15) is 9.54 Å². The summed E-state index contributed by atoms with van der Waals surface area (Å²) in [4.78, 5) is 10.8. The summed E-state index contributed by atoms with van der Waals surface area (Å²) in [5.41, 5.74) is 0. The van der Waals surface area contributed by atoms with Crippen molar-refractivity contribution in [1.29, 1.82) is 0 Å². The number of sulfonamides is 1. The summed E-state index contributed by atoms with van der Waals surface area (Å²) < 4.78 is 24.0. The molecular formula is C6H10INO3S. The van der Waals surface area contributed by atoms with Crippen molar-refractivity contribution >= 4 is 38.4 Å². The van der Waals surface area contributed by atoms with E-state index in [4.69, 9.17) is 0 Å². The van der Waals surface area contributed by atoms with Gasteiger partial charge in [0.15, 0.2) is 0 Å². The van der Waals surface area contributed by atoms with Crippen LogP contribution in [-0.2, 0) is 14.8 Å². The van der Waals surface area contributed by atoms with E-state index in [0.29, 0.717) is 25.9 Å². The van der Waals surface area contributed by atoms with Crippen LogP contribution in [-0.4, -0.2) is 35.4 Å². The van der Waals surface area contributed by atoms with Crippen LogP contribution in [0.1, 0.15) is 12.8 Å². The summed E-state index contributed by atoms with van der Waals surface area (Å²) in [6.07, 6.45) is 0.742. The lowest BCUT2D eigenvalue weighted by Gasteiger charge is -2.23. The third kappa shape index (κ3) is 2.40. The summed E-state index contributed by atoms with van der Waals surface area (Å²) in [5.74, 6) is 0.162. The zero-order chi connectivity index (χ0) is 9.19. The molecule has 1 aliphatic rings. The molecule has 0 atom stereocenters. The Kier molecular flexibility index (Phi) is 3.47.